The Morgan fingerprint density at radius 1 is 0.552 bits per heavy atom. The summed E-state index contributed by atoms with van der Waals surface area (Å²) < 4.78 is 30.5. The number of aryl methyl sites for hydroxylation is 2. The number of nitrogens with zero attached hydrogens (tertiary/aromatic N) is 4. The van der Waals surface area contributed by atoms with Crippen molar-refractivity contribution in [3.05, 3.63) is 156 Å². The van der Waals surface area contributed by atoms with E-state index >= 15 is 0 Å². The van der Waals surface area contributed by atoms with Crippen LogP contribution in [0.15, 0.2) is 134 Å². The van der Waals surface area contributed by atoms with Gasteiger partial charge in [-0.2, -0.15) is 0 Å². The number of hydrogen-bond donors (Lipinski definition) is 0. The first-order valence-corrected chi connectivity index (χ1v) is 25.8. The van der Waals surface area contributed by atoms with E-state index in [-0.39, 0.29) is 36.4 Å². The van der Waals surface area contributed by atoms with E-state index in [0.717, 1.165) is 33.4 Å². The van der Waals surface area contributed by atoms with Crippen molar-refractivity contribution in [3.8, 4) is 0 Å². The first kappa shape index (κ1) is 57.5. The van der Waals surface area contributed by atoms with Crippen LogP contribution in [0.5, 0.6) is 0 Å². The molecule has 4 heterocycles. The van der Waals surface area contributed by atoms with Crippen LogP contribution in [0.25, 0.3) is 67.9 Å². The molecule has 0 N–H and O–H groups in total. The van der Waals surface area contributed by atoms with Crippen molar-refractivity contribution in [1.82, 2.24) is 9.13 Å². The van der Waals surface area contributed by atoms with E-state index in [1.54, 1.807) is 14.2 Å². The topological polar surface area (TPSA) is 54.5 Å². The SMILES string of the molecule is CCC[n+]1ccc(/C=C/c2ccc3c(c2)c2ccccc2n3CCOCCOC)cc1.COCCOCCn1c2ccccc2c2cc(/C=C/c3cc[n+](C)cc3)ccc21.CP=S.P=S.[Cl-].[I-]. The average molecular weight is 1110 g/mol. The van der Waals surface area contributed by atoms with Gasteiger partial charge in [0.15, 0.2) is 24.8 Å². The van der Waals surface area contributed by atoms with Crippen LogP contribution in [0.4, 0.5) is 0 Å². The van der Waals surface area contributed by atoms with Crippen molar-refractivity contribution in [2.75, 3.05) is 60.5 Å². The number of rotatable bonds is 18. The Morgan fingerprint density at radius 3 is 1.36 bits per heavy atom. The number of pyridine rings is 2. The maximum absolute atomic E-state index is 5.72. The number of methoxy groups -OCH3 is 2. The van der Waals surface area contributed by atoms with Crippen LogP contribution in [0.3, 0.4) is 0 Å². The van der Waals surface area contributed by atoms with Gasteiger partial charge in [-0.1, -0.05) is 103 Å². The van der Waals surface area contributed by atoms with E-state index in [0.29, 0.717) is 39.6 Å². The summed E-state index contributed by atoms with van der Waals surface area (Å²) in [7, 11) is 8.97. The fourth-order valence-corrected chi connectivity index (χ4v) is 7.63. The highest BCUT2D eigenvalue weighted by Gasteiger charge is 2.12. The Bertz CT molecular complexity index is 2770. The van der Waals surface area contributed by atoms with E-state index < -0.39 is 0 Å². The number of para-hydroxylation sites is 2. The Morgan fingerprint density at radius 2 is 0.940 bits per heavy atom. The molecule has 0 fully saturated rings. The van der Waals surface area contributed by atoms with Gasteiger partial charge >= 0.3 is 0 Å². The van der Waals surface area contributed by atoms with Crippen LogP contribution in [0.2, 0.25) is 0 Å². The third kappa shape index (κ3) is 17.0. The van der Waals surface area contributed by atoms with Crippen LogP contribution in [-0.2, 0) is 69.2 Å². The molecule has 0 aliphatic heterocycles. The van der Waals surface area contributed by atoms with Crippen LogP contribution in [-0.4, -0.2) is 69.7 Å². The van der Waals surface area contributed by atoms with E-state index in [1.807, 2.05) is 18.3 Å². The van der Waals surface area contributed by atoms with Crippen molar-refractivity contribution in [2.24, 2.45) is 7.05 Å². The second-order valence-electron chi connectivity index (χ2n) is 15.1. The minimum atomic E-state index is 0. The summed E-state index contributed by atoms with van der Waals surface area (Å²) in [6.45, 7) is 10.7. The molecule has 14 heteroatoms. The number of hydrogen-bond acceptors (Lipinski definition) is 6. The molecule has 4 aromatic heterocycles. The summed E-state index contributed by atoms with van der Waals surface area (Å²) in [5.74, 6) is 0. The quantitative estimate of drug-likeness (QED) is 0.0498. The third-order valence-corrected chi connectivity index (χ3v) is 10.7. The second kappa shape index (κ2) is 32.1. The van der Waals surface area contributed by atoms with Crippen molar-refractivity contribution in [3.63, 3.8) is 0 Å². The minimum Gasteiger partial charge on any atom is -1.00 e. The highest BCUT2D eigenvalue weighted by atomic mass is 127. The molecule has 4 aromatic carbocycles. The summed E-state index contributed by atoms with van der Waals surface area (Å²) in [6, 6.07) is 39.1. The molecule has 8 nitrogen and oxygen atoms in total. The Balaban J connectivity index is 0.000000316. The average Bonchev–Trinajstić information content (AvgIpc) is 3.83. The highest BCUT2D eigenvalue weighted by molar-refractivity contribution is 7.96. The number of aromatic nitrogens is 4. The molecule has 0 saturated heterocycles. The number of benzene rings is 4. The number of halogens is 2. The summed E-state index contributed by atoms with van der Waals surface area (Å²) in [4.78, 5) is 0. The van der Waals surface area contributed by atoms with Gasteiger partial charge in [0.1, 0.15) is 13.6 Å². The van der Waals surface area contributed by atoms with Crippen molar-refractivity contribution >= 4 is 107 Å². The lowest BCUT2D eigenvalue weighted by Gasteiger charge is -2.08. The van der Waals surface area contributed by atoms with Crippen LogP contribution in [0, 0.1) is 0 Å². The second-order valence-corrected chi connectivity index (χ2v) is 16.6. The highest BCUT2D eigenvalue weighted by Crippen LogP contribution is 2.31. The van der Waals surface area contributed by atoms with Gasteiger partial charge in [-0.3, -0.25) is 0 Å². The fraction of sp³-hybridized carbons (Fsp3) is 0.283. The molecule has 0 unspecified atom stereocenters. The molecule has 8 rings (SSSR count). The van der Waals surface area contributed by atoms with Crippen molar-refractivity contribution in [2.45, 2.75) is 33.0 Å². The summed E-state index contributed by atoms with van der Waals surface area (Å²) in [6.07, 6.45) is 18.3. The zero-order valence-corrected chi connectivity index (χ0v) is 45.5. The maximum Gasteiger partial charge on any atom is 0.169 e. The van der Waals surface area contributed by atoms with Gasteiger partial charge in [0, 0.05) is 102 Å². The predicted octanol–water partition coefficient (Wildman–Crippen LogP) is 5.40. The van der Waals surface area contributed by atoms with E-state index in [4.69, 9.17) is 18.9 Å². The molecular weight excluding hydrogens is 1050 g/mol. The number of fused-ring (bicyclic) bond motifs is 6. The Kier molecular flexibility index (Phi) is 27.5. The lowest BCUT2D eigenvalue weighted by Crippen LogP contribution is -3.00. The van der Waals surface area contributed by atoms with E-state index in [1.165, 1.54) is 65.9 Å². The fourth-order valence-electron chi connectivity index (χ4n) is 7.63. The third-order valence-electron chi connectivity index (χ3n) is 10.7. The van der Waals surface area contributed by atoms with Crippen LogP contribution in [0.1, 0.15) is 35.6 Å². The zero-order chi connectivity index (χ0) is 46.2. The molecule has 8 aromatic rings. The molecule has 67 heavy (non-hydrogen) atoms. The molecule has 0 aliphatic carbocycles. The summed E-state index contributed by atoms with van der Waals surface area (Å²) in [5, 5.41) is 5.12. The molecule has 0 atom stereocenters. The smallest absolute Gasteiger partial charge is 0.169 e. The summed E-state index contributed by atoms with van der Waals surface area (Å²) in [5.41, 5.74) is 9.79. The van der Waals surface area contributed by atoms with Gasteiger partial charge in [-0.25, -0.2) is 9.13 Å². The predicted molar refractivity (Wildman–Crippen MR) is 283 cm³/mol. The van der Waals surface area contributed by atoms with E-state index in [9.17, 15) is 0 Å². The minimum absolute atomic E-state index is 0. The van der Waals surface area contributed by atoms with Gasteiger partial charge < -0.3 is 64.5 Å². The van der Waals surface area contributed by atoms with Gasteiger partial charge in [-0.05, 0) is 80.7 Å². The monoisotopic (exact) mass is 1110 g/mol. The molecule has 354 valence electrons. The normalized spacial score (nSPS) is 10.9. The largest absolute Gasteiger partial charge is 1.00 e. The molecule has 0 saturated carbocycles. The summed E-state index contributed by atoms with van der Waals surface area (Å²) >= 11 is 8.25. The Labute approximate surface area is 434 Å². The van der Waals surface area contributed by atoms with Gasteiger partial charge in [-0.15, -0.1) is 0 Å². The van der Waals surface area contributed by atoms with Crippen molar-refractivity contribution < 1.29 is 64.5 Å². The molecular formula is C53H62ClIN4O4P2S2. The first-order valence-electron chi connectivity index (χ1n) is 21.9. The molecule has 0 spiro atoms. The number of ether oxygens (including phenoxy) is 4. The van der Waals surface area contributed by atoms with Gasteiger partial charge in [0.05, 0.1) is 39.6 Å². The Hall–Kier alpha value is -3.84. The maximum atomic E-state index is 5.72. The lowest BCUT2D eigenvalue weighted by atomic mass is 10.1. The van der Waals surface area contributed by atoms with Crippen LogP contribution < -0.4 is 45.5 Å². The van der Waals surface area contributed by atoms with Gasteiger partial charge in [0.25, 0.3) is 0 Å². The van der Waals surface area contributed by atoms with Gasteiger partial charge in [0.2, 0.25) is 0 Å². The zero-order valence-electron chi connectivity index (χ0n) is 39.0. The van der Waals surface area contributed by atoms with Crippen molar-refractivity contribution in [1.29, 1.82) is 0 Å². The molecule has 0 aliphatic rings. The molecule has 0 radical (unpaired) electrons. The lowest BCUT2D eigenvalue weighted by molar-refractivity contribution is -0.697. The van der Waals surface area contributed by atoms with E-state index in [2.05, 4.69) is 211 Å². The molecule has 0 bridgehead atoms. The molecule has 0 amide bonds. The first-order chi connectivity index (χ1) is 32.0. The van der Waals surface area contributed by atoms with Crippen LogP contribution >= 0.6 is 15.4 Å². The standard InChI is InChI=1S/C27H31N2O2.C25H27N2O2.CH3PS.ClH.HI.HPS/c1-3-14-28-15-12-22(13-16-28)8-9-23-10-11-27-25(21-23)24-6-4-5-7-26(24)29(27)17-18-31-20-19-30-2;1-26-13-11-20(12-14-26)7-8-21-9-10-25-23(19-21)22-5-3-4-6-24(22)27(25)15-16-29-18-17-28-2;1-2-3;;;1-2/h4-13,15-16,21H,3,14,17-20H2,1-2H3;3-14,19H,15-18H2,1-2H3;1H3;2*1H;1H/q2*+1;;;;/p-2.